The Labute approximate surface area is 129 Å². The van der Waals surface area contributed by atoms with Crippen LogP contribution in [0.5, 0.6) is 0 Å². The molecule has 1 saturated carbocycles. The van der Waals surface area contributed by atoms with Gasteiger partial charge in [0.2, 0.25) is 0 Å². The summed E-state index contributed by atoms with van der Waals surface area (Å²) in [4.78, 5) is 0. The molecule has 112 valence electrons. The number of H-pyrrole nitrogens is 1. The van der Waals surface area contributed by atoms with E-state index in [1.165, 1.54) is 0 Å². The van der Waals surface area contributed by atoms with Crippen molar-refractivity contribution >= 4 is 17.4 Å². The summed E-state index contributed by atoms with van der Waals surface area (Å²) >= 11 is 6.29. The van der Waals surface area contributed by atoms with Crippen LogP contribution in [0.2, 0.25) is 5.02 Å². The van der Waals surface area contributed by atoms with E-state index in [4.69, 9.17) is 22.1 Å². The normalized spacial score (nSPS) is 21.2. The lowest BCUT2D eigenvalue weighted by Gasteiger charge is -2.34. The molecule has 0 aliphatic heterocycles. The summed E-state index contributed by atoms with van der Waals surface area (Å²) in [5.74, 6) is 1.14. The van der Waals surface area contributed by atoms with Crippen molar-refractivity contribution in [3.63, 3.8) is 0 Å². The van der Waals surface area contributed by atoms with E-state index < -0.39 is 0 Å². The third kappa shape index (κ3) is 2.92. The Morgan fingerprint density at radius 1 is 1.38 bits per heavy atom. The van der Waals surface area contributed by atoms with Crippen LogP contribution < -0.4 is 5.73 Å². The first-order chi connectivity index (χ1) is 10.2. The molecule has 0 unspecified atom stereocenters. The quantitative estimate of drug-likeness (QED) is 0.886. The molecule has 5 heteroatoms. The Kier molecular flexibility index (Phi) is 4.17. The van der Waals surface area contributed by atoms with Gasteiger partial charge in [-0.2, -0.15) is 5.10 Å². The van der Waals surface area contributed by atoms with E-state index in [-0.39, 0.29) is 0 Å². The second-order valence-corrected chi connectivity index (χ2v) is 5.97. The van der Waals surface area contributed by atoms with Crippen molar-refractivity contribution in [1.82, 2.24) is 10.2 Å². The number of hydrogen-bond acceptors (Lipinski definition) is 3. The van der Waals surface area contributed by atoms with Crippen LogP contribution in [0.25, 0.3) is 11.1 Å². The van der Waals surface area contributed by atoms with Gasteiger partial charge >= 0.3 is 0 Å². The predicted molar refractivity (Wildman–Crippen MR) is 85.3 cm³/mol. The number of aromatic nitrogens is 2. The summed E-state index contributed by atoms with van der Waals surface area (Å²) in [7, 11) is 0. The highest BCUT2D eigenvalue weighted by Gasteiger charge is 2.31. The maximum Gasteiger partial charge on any atom is 0.153 e. The number of ether oxygens (including phenoxy) is 1. The number of benzene rings is 1. The predicted octanol–water partition coefficient (Wildman–Crippen LogP) is 3.67. The zero-order chi connectivity index (χ0) is 14.8. The van der Waals surface area contributed by atoms with E-state index >= 15 is 0 Å². The molecule has 3 N–H and O–H groups in total. The van der Waals surface area contributed by atoms with Crippen LogP contribution in [0, 0.1) is 5.92 Å². The van der Waals surface area contributed by atoms with Gasteiger partial charge in [-0.25, -0.2) is 0 Å². The molecule has 1 fully saturated rings. The molecule has 0 saturated heterocycles. The summed E-state index contributed by atoms with van der Waals surface area (Å²) in [5, 5.41) is 7.94. The van der Waals surface area contributed by atoms with Crippen molar-refractivity contribution < 1.29 is 4.74 Å². The molecule has 1 aliphatic rings. The summed E-state index contributed by atoms with van der Waals surface area (Å²) in [6.07, 6.45) is 3.57. The lowest BCUT2D eigenvalue weighted by molar-refractivity contribution is -0.0242. The van der Waals surface area contributed by atoms with Gasteiger partial charge in [0.25, 0.3) is 0 Å². The molecule has 4 nitrogen and oxygen atoms in total. The maximum absolute atomic E-state index is 6.29. The van der Waals surface area contributed by atoms with Crippen LogP contribution in [0.4, 0.5) is 5.82 Å². The van der Waals surface area contributed by atoms with Crippen molar-refractivity contribution in [3.05, 3.63) is 35.0 Å². The lowest BCUT2D eigenvalue weighted by Crippen LogP contribution is -2.32. The smallest absolute Gasteiger partial charge is 0.153 e. The first kappa shape index (κ1) is 14.4. The number of nitrogens with two attached hydrogens (primary N) is 1. The summed E-state index contributed by atoms with van der Waals surface area (Å²) in [6.45, 7) is 2.83. The van der Waals surface area contributed by atoms with Gasteiger partial charge < -0.3 is 10.5 Å². The Morgan fingerprint density at radius 2 is 2.14 bits per heavy atom. The minimum absolute atomic E-state index is 0.420. The van der Waals surface area contributed by atoms with Crippen LogP contribution >= 0.6 is 11.6 Å². The molecule has 0 radical (unpaired) electrons. The first-order valence-electron chi connectivity index (χ1n) is 7.38. The van der Waals surface area contributed by atoms with E-state index in [0.29, 0.717) is 22.9 Å². The second kappa shape index (κ2) is 6.08. The fraction of sp³-hybridized carbons (Fsp3) is 0.438. The zero-order valence-corrected chi connectivity index (χ0v) is 12.9. The molecule has 1 aromatic carbocycles. The summed E-state index contributed by atoms with van der Waals surface area (Å²) < 4.78 is 5.61. The third-order valence-electron chi connectivity index (χ3n) is 4.10. The monoisotopic (exact) mass is 305 g/mol. The van der Waals surface area contributed by atoms with Crippen LogP contribution in [0.1, 0.15) is 25.5 Å². The van der Waals surface area contributed by atoms with Crippen molar-refractivity contribution in [1.29, 1.82) is 0 Å². The molecule has 3 rings (SSSR count). The van der Waals surface area contributed by atoms with Crippen molar-refractivity contribution in [2.45, 2.75) is 32.3 Å². The zero-order valence-electron chi connectivity index (χ0n) is 12.1. The van der Waals surface area contributed by atoms with E-state index in [2.05, 4.69) is 10.2 Å². The molecule has 0 spiro atoms. The SMILES string of the molecule is CCOC1CC(Cc2[nH]nc(N)c2-c2ccccc2Cl)C1. The van der Waals surface area contributed by atoms with Gasteiger partial charge in [-0.1, -0.05) is 29.8 Å². The van der Waals surface area contributed by atoms with E-state index in [1.807, 2.05) is 31.2 Å². The average Bonchev–Trinajstić information content (AvgIpc) is 2.78. The van der Waals surface area contributed by atoms with Gasteiger partial charge in [0, 0.05) is 28.5 Å². The van der Waals surface area contributed by atoms with Gasteiger partial charge in [-0.15, -0.1) is 0 Å². The number of rotatable bonds is 5. The largest absolute Gasteiger partial charge is 0.382 e. The van der Waals surface area contributed by atoms with Crippen LogP contribution in [0.3, 0.4) is 0 Å². The first-order valence-corrected chi connectivity index (χ1v) is 7.76. The van der Waals surface area contributed by atoms with Crippen LogP contribution in [0.15, 0.2) is 24.3 Å². The number of nitrogens with one attached hydrogen (secondary N) is 1. The van der Waals surface area contributed by atoms with Crippen LogP contribution in [-0.4, -0.2) is 22.9 Å². The Balaban J connectivity index is 1.78. The number of anilines is 1. The van der Waals surface area contributed by atoms with E-state index in [1.54, 1.807) is 0 Å². The molecule has 0 amide bonds. The molecule has 0 bridgehead atoms. The van der Waals surface area contributed by atoms with Gasteiger partial charge in [0.05, 0.1) is 6.10 Å². The van der Waals surface area contributed by atoms with Crippen molar-refractivity contribution in [2.75, 3.05) is 12.3 Å². The maximum atomic E-state index is 6.29. The number of nitrogen functional groups attached to an aromatic ring is 1. The molecular weight excluding hydrogens is 286 g/mol. The minimum Gasteiger partial charge on any atom is -0.382 e. The highest BCUT2D eigenvalue weighted by molar-refractivity contribution is 6.33. The highest BCUT2D eigenvalue weighted by Crippen LogP contribution is 2.38. The summed E-state index contributed by atoms with van der Waals surface area (Å²) in [6, 6.07) is 7.74. The Hall–Kier alpha value is -1.52. The molecule has 0 atom stereocenters. The summed E-state index contributed by atoms with van der Waals surface area (Å²) in [5.41, 5.74) is 8.99. The van der Waals surface area contributed by atoms with E-state index in [9.17, 15) is 0 Å². The molecule has 2 aromatic rings. The van der Waals surface area contributed by atoms with Crippen molar-refractivity contribution in [2.24, 2.45) is 5.92 Å². The van der Waals surface area contributed by atoms with Gasteiger partial charge in [0.15, 0.2) is 5.82 Å². The van der Waals surface area contributed by atoms with Crippen molar-refractivity contribution in [3.8, 4) is 11.1 Å². The molecule has 1 aromatic heterocycles. The minimum atomic E-state index is 0.420. The van der Waals surface area contributed by atoms with Gasteiger partial charge in [-0.3, -0.25) is 5.10 Å². The Morgan fingerprint density at radius 3 is 2.86 bits per heavy atom. The van der Waals surface area contributed by atoms with Gasteiger partial charge in [0.1, 0.15) is 0 Å². The third-order valence-corrected chi connectivity index (χ3v) is 4.43. The number of hydrogen-bond donors (Lipinski definition) is 2. The second-order valence-electron chi connectivity index (χ2n) is 5.56. The van der Waals surface area contributed by atoms with Gasteiger partial charge in [-0.05, 0) is 38.2 Å². The number of halogens is 1. The topological polar surface area (TPSA) is 63.9 Å². The lowest BCUT2D eigenvalue weighted by atomic mass is 9.78. The fourth-order valence-corrected chi connectivity index (χ4v) is 3.24. The average molecular weight is 306 g/mol. The Bertz CT molecular complexity index is 620. The molecule has 1 heterocycles. The molecule has 21 heavy (non-hydrogen) atoms. The standard InChI is InChI=1S/C16H20ClN3O/c1-2-21-11-7-10(8-11)9-14-15(16(18)20-19-14)12-5-3-4-6-13(12)17/h3-6,10-11H,2,7-9H2,1H3,(H3,18,19,20). The van der Waals surface area contributed by atoms with E-state index in [0.717, 1.165) is 42.7 Å². The number of aromatic amines is 1. The molecular formula is C16H20ClN3O. The fourth-order valence-electron chi connectivity index (χ4n) is 3.01. The highest BCUT2D eigenvalue weighted by atomic mass is 35.5. The molecule has 1 aliphatic carbocycles. The number of nitrogens with zero attached hydrogens (tertiary/aromatic N) is 1. The van der Waals surface area contributed by atoms with Crippen LogP contribution in [-0.2, 0) is 11.2 Å².